The van der Waals surface area contributed by atoms with E-state index in [4.69, 9.17) is 5.73 Å². The van der Waals surface area contributed by atoms with Crippen molar-refractivity contribution in [1.29, 1.82) is 0 Å². The van der Waals surface area contributed by atoms with Crippen molar-refractivity contribution in [2.24, 2.45) is 5.73 Å². The van der Waals surface area contributed by atoms with Gasteiger partial charge >= 0.3 is 0 Å². The molecule has 4 heteroatoms. The van der Waals surface area contributed by atoms with E-state index in [1.165, 1.54) is 19.3 Å². The highest BCUT2D eigenvalue weighted by Crippen LogP contribution is 2.17. The molecule has 0 radical (unpaired) electrons. The molecule has 3 N–H and O–H groups in total. The van der Waals surface area contributed by atoms with Gasteiger partial charge in [-0.25, -0.2) is 4.98 Å². The van der Waals surface area contributed by atoms with Gasteiger partial charge < -0.3 is 11.1 Å². The highest BCUT2D eigenvalue weighted by atomic mass is 32.1. The number of unbranched alkanes of at least 4 members (excludes halogenated alkanes) is 2. The lowest BCUT2D eigenvalue weighted by atomic mass is 10.2. The Morgan fingerprint density at radius 2 is 2.38 bits per heavy atom. The third-order valence-corrected chi connectivity index (χ3v) is 2.79. The van der Waals surface area contributed by atoms with Crippen molar-refractivity contribution < 1.29 is 0 Å². The normalized spacial score (nSPS) is 10.3. The summed E-state index contributed by atoms with van der Waals surface area (Å²) in [5.74, 6) is 0. The second-order valence-corrected chi connectivity index (χ2v) is 4.08. The number of anilines is 1. The molecule has 0 saturated carbocycles. The number of nitrogens with zero attached hydrogens (tertiary/aromatic N) is 1. The lowest BCUT2D eigenvalue weighted by molar-refractivity contribution is 0.743. The van der Waals surface area contributed by atoms with E-state index in [2.05, 4.69) is 17.2 Å². The lowest BCUT2D eigenvalue weighted by Crippen LogP contribution is -2.00. The summed E-state index contributed by atoms with van der Waals surface area (Å²) < 4.78 is 0. The Labute approximate surface area is 83.4 Å². The van der Waals surface area contributed by atoms with Gasteiger partial charge in [-0.2, -0.15) is 0 Å². The van der Waals surface area contributed by atoms with E-state index in [9.17, 15) is 0 Å². The molecule has 1 aromatic rings. The Morgan fingerprint density at radius 3 is 3.00 bits per heavy atom. The standard InChI is InChI=1S/C9H17N3S/c1-2-3-4-5-11-9-12-7-8(6-10)13-9/h7H,2-6,10H2,1H3,(H,11,12). The van der Waals surface area contributed by atoms with Crippen LogP contribution in [-0.2, 0) is 6.54 Å². The van der Waals surface area contributed by atoms with Crippen molar-refractivity contribution in [2.75, 3.05) is 11.9 Å². The minimum atomic E-state index is 0.592. The molecule has 0 saturated heterocycles. The van der Waals surface area contributed by atoms with E-state index in [0.29, 0.717) is 6.54 Å². The SMILES string of the molecule is CCCCCNc1ncc(CN)s1. The van der Waals surface area contributed by atoms with E-state index in [0.717, 1.165) is 16.6 Å². The molecule has 0 atom stereocenters. The fraction of sp³-hybridized carbons (Fsp3) is 0.667. The summed E-state index contributed by atoms with van der Waals surface area (Å²) in [5, 5.41) is 4.28. The molecule has 0 aliphatic heterocycles. The first-order valence-corrected chi connectivity index (χ1v) is 5.57. The van der Waals surface area contributed by atoms with Crippen LogP contribution in [0.1, 0.15) is 31.1 Å². The monoisotopic (exact) mass is 199 g/mol. The van der Waals surface area contributed by atoms with Gasteiger partial charge in [0.2, 0.25) is 0 Å². The van der Waals surface area contributed by atoms with Crippen LogP contribution in [0.15, 0.2) is 6.20 Å². The maximum absolute atomic E-state index is 5.48. The maximum atomic E-state index is 5.48. The minimum absolute atomic E-state index is 0.592. The molecular weight excluding hydrogens is 182 g/mol. The van der Waals surface area contributed by atoms with E-state index in [1.807, 2.05) is 6.20 Å². The molecule has 0 unspecified atom stereocenters. The summed E-state index contributed by atoms with van der Waals surface area (Å²) >= 11 is 1.64. The summed E-state index contributed by atoms with van der Waals surface area (Å²) in [6, 6.07) is 0. The predicted molar refractivity (Wildman–Crippen MR) is 58.0 cm³/mol. The van der Waals surface area contributed by atoms with Crippen LogP contribution in [0.4, 0.5) is 5.13 Å². The number of thiazole rings is 1. The van der Waals surface area contributed by atoms with Gasteiger partial charge in [-0.3, -0.25) is 0 Å². The van der Waals surface area contributed by atoms with Crippen molar-refractivity contribution in [3.05, 3.63) is 11.1 Å². The number of nitrogens with one attached hydrogen (secondary N) is 1. The Hall–Kier alpha value is -0.610. The highest BCUT2D eigenvalue weighted by molar-refractivity contribution is 7.15. The quantitative estimate of drug-likeness (QED) is 0.691. The Kier molecular flexibility index (Phi) is 4.78. The molecule has 0 spiro atoms. The van der Waals surface area contributed by atoms with Crippen LogP contribution >= 0.6 is 11.3 Å². The van der Waals surface area contributed by atoms with Gasteiger partial charge in [0.1, 0.15) is 0 Å². The lowest BCUT2D eigenvalue weighted by Gasteiger charge is -1.99. The van der Waals surface area contributed by atoms with E-state index < -0.39 is 0 Å². The molecule has 13 heavy (non-hydrogen) atoms. The second-order valence-electron chi connectivity index (χ2n) is 2.97. The van der Waals surface area contributed by atoms with Gasteiger partial charge in [0.05, 0.1) is 0 Å². The number of hydrogen-bond donors (Lipinski definition) is 2. The van der Waals surface area contributed by atoms with Crippen LogP contribution in [-0.4, -0.2) is 11.5 Å². The molecule has 74 valence electrons. The summed E-state index contributed by atoms with van der Waals surface area (Å²) in [4.78, 5) is 5.35. The molecule has 0 aromatic carbocycles. The largest absolute Gasteiger partial charge is 0.362 e. The predicted octanol–water partition coefficient (Wildman–Crippen LogP) is 2.20. The first-order valence-electron chi connectivity index (χ1n) is 4.75. The van der Waals surface area contributed by atoms with Gasteiger partial charge in [-0.15, -0.1) is 11.3 Å². The van der Waals surface area contributed by atoms with Crippen LogP contribution in [0, 0.1) is 0 Å². The molecule has 3 nitrogen and oxygen atoms in total. The van der Waals surface area contributed by atoms with Crippen molar-refractivity contribution in [2.45, 2.75) is 32.7 Å². The fourth-order valence-electron chi connectivity index (χ4n) is 1.05. The van der Waals surface area contributed by atoms with Crippen molar-refractivity contribution in [3.8, 4) is 0 Å². The van der Waals surface area contributed by atoms with Gasteiger partial charge in [0, 0.05) is 24.2 Å². The molecule has 0 aliphatic rings. The molecule has 1 aromatic heterocycles. The average Bonchev–Trinajstić information content (AvgIpc) is 2.60. The molecule has 0 bridgehead atoms. The molecule has 0 fully saturated rings. The topological polar surface area (TPSA) is 50.9 Å². The van der Waals surface area contributed by atoms with Crippen molar-refractivity contribution in [3.63, 3.8) is 0 Å². The number of nitrogens with two attached hydrogens (primary N) is 1. The van der Waals surface area contributed by atoms with Crippen LogP contribution in [0.5, 0.6) is 0 Å². The first-order chi connectivity index (χ1) is 6.36. The van der Waals surface area contributed by atoms with E-state index in [-0.39, 0.29) is 0 Å². The van der Waals surface area contributed by atoms with E-state index in [1.54, 1.807) is 11.3 Å². The van der Waals surface area contributed by atoms with Gasteiger partial charge in [-0.1, -0.05) is 19.8 Å². The van der Waals surface area contributed by atoms with Gasteiger partial charge in [-0.05, 0) is 6.42 Å². The summed E-state index contributed by atoms with van der Waals surface area (Å²) in [5.41, 5.74) is 5.48. The Bertz CT molecular complexity index is 235. The highest BCUT2D eigenvalue weighted by Gasteiger charge is 1.98. The number of hydrogen-bond acceptors (Lipinski definition) is 4. The number of aromatic nitrogens is 1. The van der Waals surface area contributed by atoms with Crippen LogP contribution < -0.4 is 11.1 Å². The zero-order valence-electron chi connectivity index (χ0n) is 8.05. The average molecular weight is 199 g/mol. The third-order valence-electron chi connectivity index (χ3n) is 1.81. The molecular formula is C9H17N3S. The van der Waals surface area contributed by atoms with E-state index >= 15 is 0 Å². The summed E-state index contributed by atoms with van der Waals surface area (Å²) in [6.45, 7) is 3.82. The van der Waals surface area contributed by atoms with Crippen LogP contribution in [0.25, 0.3) is 0 Å². The van der Waals surface area contributed by atoms with Gasteiger partial charge in [0.15, 0.2) is 5.13 Å². The second kappa shape index (κ2) is 5.94. The van der Waals surface area contributed by atoms with Crippen molar-refractivity contribution >= 4 is 16.5 Å². The Balaban J connectivity index is 2.20. The van der Waals surface area contributed by atoms with Crippen LogP contribution in [0.3, 0.4) is 0 Å². The fourth-order valence-corrected chi connectivity index (χ4v) is 1.77. The summed E-state index contributed by atoms with van der Waals surface area (Å²) in [6.07, 6.45) is 5.59. The van der Waals surface area contributed by atoms with Crippen molar-refractivity contribution in [1.82, 2.24) is 4.98 Å². The molecule has 0 amide bonds. The number of rotatable bonds is 6. The molecule has 1 rings (SSSR count). The van der Waals surface area contributed by atoms with Gasteiger partial charge in [0.25, 0.3) is 0 Å². The minimum Gasteiger partial charge on any atom is -0.362 e. The maximum Gasteiger partial charge on any atom is 0.182 e. The smallest absolute Gasteiger partial charge is 0.182 e. The first kappa shape index (κ1) is 10.5. The van der Waals surface area contributed by atoms with Crippen LogP contribution in [0.2, 0.25) is 0 Å². The summed E-state index contributed by atoms with van der Waals surface area (Å²) in [7, 11) is 0. The zero-order valence-corrected chi connectivity index (χ0v) is 8.86. The third kappa shape index (κ3) is 3.74. The molecule has 0 aliphatic carbocycles. The molecule has 1 heterocycles. The Morgan fingerprint density at radius 1 is 1.54 bits per heavy atom. The zero-order chi connectivity index (χ0) is 9.52.